The van der Waals surface area contributed by atoms with Crippen LogP contribution in [0.3, 0.4) is 0 Å². The Morgan fingerprint density at radius 3 is 2.59 bits per heavy atom. The molecule has 0 fully saturated rings. The number of nitrogens with zero attached hydrogens (tertiary/aromatic N) is 1. The summed E-state index contributed by atoms with van der Waals surface area (Å²) < 4.78 is 5.12. The van der Waals surface area contributed by atoms with Crippen molar-refractivity contribution in [2.24, 2.45) is 0 Å². The first-order chi connectivity index (χ1) is 8.28. The maximum atomic E-state index is 5.12. The monoisotopic (exact) mass is 248 g/mol. The summed E-state index contributed by atoms with van der Waals surface area (Å²) in [6, 6.07) is 8.11. The zero-order valence-electron chi connectivity index (χ0n) is 10.1. The fourth-order valence-electron chi connectivity index (χ4n) is 1.56. The summed E-state index contributed by atoms with van der Waals surface area (Å²) in [5.41, 5.74) is 1.26. The molecular formula is C13H16N2OS. The van der Waals surface area contributed by atoms with Crippen molar-refractivity contribution >= 4 is 11.3 Å². The molecule has 0 amide bonds. The number of rotatable bonds is 5. The zero-order chi connectivity index (χ0) is 12.1. The van der Waals surface area contributed by atoms with E-state index in [1.54, 1.807) is 18.4 Å². The topological polar surface area (TPSA) is 34.1 Å². The average Bonchev–Trinajstić information content (AvgIpc) is 2.76. The summed E-state index contributed by atoms with van der Waals surface area (Å²) in [7, 11) is 1.68. The molecule has 0 saturated carbocycles. The largest absolute Gasteiger partial charge is 0.497 e. The van der Waals surface area contributed by atoms with Crippen LogP contribution in [0.1, 0.15) is 15.4 Å². The molecule has 17 heavy (non-hydrogen) atoms. The van der Waals surface area contributed by atoms with Gasteiger partial charge in [0.15, 0.2) is 0 Å². The van der Waals surface area contributed by atoms with E-state index in [1.807, 2.05) is 25.3 Å². The van der Waals surface area contributed by atoms with Crippen LogP contribution in [0.2, 0.25) is 0 Å². The quantitative estimate of drug-likeness (QED) is 0.883. The van der Waals surface area contributed by atoms with Crippen LogP contribution in [0.15, 0.2) is 30.5 Å². The molecular weight excluding hydrogens is 232 g/mol. The van der Waals surface area contributed by atoms with Crippen molar-refractivity contribution in [1.29, 1.82) is 0 Å². The van der Waals surface area contributed by atoms with Crippen molar-refractivity contribution < 1.29 is 4.74 Å². The maximum Gasteiger partial charge on any atom is 0.118 e. The fraction of sp³-hybridized carbons (Fsp3) is 0.308. The van der Waals surface area contributed by atoms with Gasteiger partial charge >= 0.3 is 0 Å². The summed E-state index contributed by atoms with van der Waals surface area (Å²) in [6.07, 6.45) is 1.93. The van der Waals surface area contributed by atoms with Crippen LogP contribution < -0.4 is 10.1 Å². The molecule has 2 aromatic rings. The molecule has 3 nitrogen and oxygen atoms in total. The highest BCUT2D eigenvalue weighted by molar-refractivity contribution is 7.11. The van der Waals surface area contributed by atoms with Crippen molar-refractivity contribution in [3.8, 4) is 5.75 Å². The Labute approximate surface area is 105 Å². The zero-order valence-corrected chi connectivity index (χ0v) is 10.9. The molecule has 0 radical (unpaired) electrons. The minimum Gasteiger partial charge on any atom is -0.497 e. The molecule has 0 unspecified atom stereocenters. The Hall–Kier alpha value is -1.39. The Kier molecular flexibility index (Phi) is 4.12. The van der Waals surface area contributed by atoms with E-state index in [-0.39, 0.29) is 0 Å². The van der Waals surface area contributed by atoms with Gasteiger partial charge in [0.25, 0.3) is 0 Å². The van der Waals surface area contributed by atoms with Crippen molar-refractivity contribution in [1.82, 2.24) is 10.3 Å². The number of hydrogen-bond acceptors (Lipinski definition) is 4. The second kappa shape index (κ2) is 5.80. The molecule has 1 aromatic heterocycles. The van der Waals surface area contributed by atoms with Crippen molar-refractivity contribution in [3.63, 3.8) is 0 Å². The van der Waals surface area contributed by atoms with E-state index in [0.717, 1.165) is 23.8 Å². The maximum absolute atomic E-state index is 5.12. The normalized spacial score (nSPS) is 10.5. The SMILES string of the molecule is COc1ccc(CNCc2cnc(C)s2)cc1. The number of nitrogens with one attached hydrogen (secondary N) is 1. The van der Waals surface area contributed by atoms with Crippen LogP contribution in [0.4, 0.5) is 0 Å². The van der Waals surface area contributed by atoms with E-state index < -0.39 is 0 Å². The van der Waals surface area contributed by atoms with Gasteiger partial charge in [0.2, 0.25) is 0 Å². The lowest BCUT2D eigenvalue weighted by Crippen LogP contribution is -2.11. The first-order valence-corrected chi connectivity index (χ1v) is 6.34. The predicted octanol–water partition coefficient (Wildman–Crippen LogP) is 2.75. The molecule has 0 atom stereocenters. The van der Waals surface area contributed by atoms with Crippen LogP contribution in [-0.2, 0) is 13.1 Å². The number of thiazole rings is 1. The average molecular weight is 248 g/mol. The summed E-state index contributed by atoms with van der Waals surface area (Å²) >= 11 is 1.74. The van der Waals surface area contributed by atoms with Gasteiger partial charge in [-0.3, -0.25) is 0 Å². The molecule has 4 heteroatoms. The molecule has 0 aliphatic carbocycles. The molecule has 0 spiro atoms. The van der Waals surface area contributed by atoms with Crippen LogP contribution in [-0.4, -0.2) is 12.1 Å². The third-order valence-electron chi connectivity index (χ3n) is 2.46. The molecule has 0 bridgehead atoms. The lowest BCUT2D eigenvalue weighted by molar-refractivity contribution is 0.414. The highest BCUT2D eigenvalue weighted by Crippen LogP contribution is 2.13. The van der Waals surface area contributed by atoms with E-state index in [1.165, 1.54) is 10.4 Å². The van der Waals surface area contributed by atoms with Crippen molar-refractivity contribution in [3.05, 3.63) is 45.9 Å². The van der Waals surface area contributed by atoms with Crippen LogP contribution in [0.5, 0.6) is 5.75 Å². The molecule has 2 rings (SSSR count). The number of aryl methyl sites for hydroxylation is 1. The van der Waals surface area contributed by atoms with Gasteiger partial charge in [-0.15, -0.1) is 11.3 Å². The van der Waals surface area contributed by atoms with Gasteiger partial charge in [-0.1, -0.05) is 12.1 Å². The molecule has 1 heterocycles. The lowest BCUT2D eigenvalue weighted by Gasteiger charge is -2.04. The van der Waals surface area contributed by atoms with Gasteiger partial charge in [0, 0.05) is 24.2 Å². The van der Waals surface area contributed by atoms with Gasteiger partial charge in [0.05, 0.1) is 12.1 Å². The van der Waals surface area contributed by atoms with Gasteiger partial charge in [-0.2, -0.15) is 0 Å². The first kappa shape index (κ1) is 12.1. The Morgan fingerprint density at radius 2 is 2.00 bits per heavy atom. The number of hydrogen-bond donors (Lipinski definition) is 1. The Balaban J connectivity index is 1.81. The highest BCUT2D eigenvalue weighted by Gasteiger charge is 1.98. The fourth-order valence-corrected chi connectivity index (χ4v) is 2.32. The molecule has 0 aliphatic heterocycles. The van der Waals surface area contributed by atoms with E-state index in [0.29, 0.717) is 0 Å². The molecule has 90 valence electrons. The number of ether oxygens (including phenoxy) is 1. The van der Waals surface area contributed by atoms with E-state index in [4.69, 9.17) is 4.74 Å². The third-order valence-corrected chi connectivity index (χ3v) is 3.37. The first-order valence-electron chi connectivity index (χ1n) is 5.53. The van der Waals surface area contributed by atoms with E-state index in [9.17, 15) is 0 Å². The predicted molar refractivity (Wildman–Crippen MR) is 70.4 cm³/mol. The Morgan fingerprint density at radius 1 is 1.24 bits per heavy atom. The number of aromatic nitrogens is 1. The van der Waals surface area contributed by atoms with Crippen LogP contribution in [0, 0.1) is 6.92 Å². The van der Waals surface area contributed by atoms with Gasteiger partial charge in [0.1, 0.15) is 5.75 Å². The van der Waals surface area contributed by atoms with Gasteiger partial charge in [-0.25, -0.2) is 4.98 Å². The van der Waals surface area contributed by atoms with Gasteiger partial charge < -0.3 is 10.1 Å². The summed E-state index contributed by atoms with van der Waals surface area (Å²) in [4.78, 5) is 5.50. The van der Waals surface area contributed by atoms with E-state index >= 15 is 0 Å². The summed E-state index contributed by atoms with van der Waals surface area (Å²) in [5, 5.41) is 4.52. The highest BCUT2D eigenvalue weighted by atomic mass is 32.1. The minimum atomic E-state index is 0.862. The molecule has 0 aliphatic rings. The smallest absolute Gasteiger partial charge is 0.118 e. The second-order valence-corrected chi connectivity index (χ2v) is 5.12. The van der Waals surface area contributed by atoms with E-state index in [2.05, 4.69) is 22.4 Å². The Bertz CT molecular complexity index is 465. The van der Waals surface area contributed by atoms with Gasteiger partial charge in [-0.05, 0) is 24.6 Å². The van der Waals surface area contributed by atoms with Crippen LogP contribution >= 0.6 is 11.3 Å². The molecule has 1 aromatic carbocycles. The molecule has 0 saturated heterocycles. The number of methoxy groups -OCH3 is 1. The summed E-state index contributed by atoms with van der Waals surface area (Å²) in [5.74, 6) is 0.895. The van der Waals surface area contributed by atoms with Crippen molar-refractivity contribution in [2.75, 3.05) is 7.11 Å². The number of benzene rings is 1. The lowest BCUT2D eigenvalue weighted by atomic mass is 10.2. The second-order valence-electron chi connectivity index (χ2n) is 3.80. The summed E-state index contributed by atoms with van der Waals surface area (Å²) in [6.45, 7) is 3.76. The van der Waals surface area contributed by atoms with Crippen molar-refractivity contribution in [2.45, 2.75) is 20.0 Å². The standard InChI is InChI=1S/C13H16N2OS/c1-10-15-9-13(17-10)8-14-7-11-3-5-12(16-2)6-4-11/h3-6,9,14H,7-8H2,1-2H3. The third kappa shape index (κ3) is 3.54. The minimum absolute atomic E-state index is 0.862. The molecule has 1 N–H and O–H groups in total. The van der Waals surface area contributed by atoms with Crippen LogP contribution in [0.25, 0.3) is 0 Å².